The summed E-state index contributed by atoms with van der Waals surface area (Å²) in [5, 5.41) is 3.48. The number of thiophene rings is 1. The summed E-state index contributed by atoms with van der Waals surface area (Å²) in [5.41, 5.74) is 0. The van der Waals surface area contributed by atoms with Crippen molar-refractivity contribution in [2.45, 2.75) is 19.9 Å². The number of likely N-dealkylation sites (N-methyl/N-ethyl adjacent to an activating group) is 1. The van der Waals surface area contributed by atoms with Crippen LogP contribution in [0.5, 0.6) is 5.75 Å². The third-order valence-corrected chi connectivity index (χ3v) is 4.20. The Morgan fingerprint density at radius 2 is 2.10 bits per heavy atom. The molecule has 0 saturated heterocycles. The average Bonchev–Trinajstić information content (AvgIpc) is 2.96. The molecule has 1 aromatic carbocycles. The largest absolute Gasteiger partial charge is 0.423 e. The van der Waals surface area contributed by atoms with Crippen molar-refractivity contribution in [2.24, 2.45) is 0 Å². The molecule has 0 saturated carbocycles. The zero-order chi connectivity index (χ0) is 14.5. The van der Waals surface area contributed by atoms with Crippen LogP contribution < -0.4 is 9.64 Å². The Hall–Kier alpha value is -1.52. The molecule has 2 aromatic rings. The predicted molar refractivity (Wildman–Crippen MR) is 83.9 cm³/mol. The number of hydrogen-bond donors (Lipinski definition) is 0. The first-order valence-electron chi connectivity index (χ1n) is 6.40. The smallest absolute Gasteiger partial charge is 0.333 e. The van der Waals surface area contributed by atoms with E-state index in [4.69, 9.17) is 16.3 Å². The number of halogens is 1. The zero-order valence-electron chi connectivity index (χ0n) is 11.4. The van der Waals surface area contributed by atoms with Crippen LogP contribution in [0.2, 0.25) is 5.02 Å². The molecule has 3 nitrogen and oxygen atoms in total. The van der Waals surface area contributed by atoms with Crippen LogP contribution in [-0.4, -0.2) is 18.6 Å². The molecule has 20 heavy (non-hydrogen) atoms. The topological polar surface area (TPSA) is 29.5 Å². The first-order chi connectivity index (χ1) is 9.63. The van der Waals surface area contributed by atoms with E-state index in [1.54, 1.807) is 35.6 Å². The highest BCUT2D eigenvalue weighted by Gasteiger charge is 2.23. The van der Waals surface area contributed by atoms with E-state index in [9.17, 15) is 4.79 Å². The molecule has 0 amide bonds. The van der Waals surface area contributed by atoms with Gasteiger partial charge in [0.1, 0.15) is 11.8 Å². The monoisotopic (exact) mass is 309 g/mol. The van der Waals surface area contributed by atoms with Crippen molar-refractivity contribution >= 4 is 33.9 Å². The Kier molecular flexibility index (Phi) is 5.04. The number of hydrogen-bond acceptors (Lipinski definition) is 4. The molecule has 1 heterocycles. The number of carbonyl (C=O) groups excluding carboxylic acids is 1. The molecule has 0 unspecified atom stereocenters. The molecule has 0 bridgehead atoms. The van der Waals surface area contributed by atoms with E-state index >= 15 is 0 Å². The van der Waals surface area contributed by atoms with E-state index in [0.717, 1.165) is 11.5 Å². The maximum Gasteiger partial charge on any atom is 0.333 e. The van der Waals surface area contributed by atoms with Crippen molar-refractivity contribution in [1.82, 2.24) is 0 Å². The molecule has 0 aliphatic heterocycles. The zero-order valence-corrected chi connectivity index (χ0v) is 12.9. The summed E-state index contributed by atoms with van der Waals surface area (Å²) in [6.07, 6.45) is 0. The van der Waals surface area contributed by atoms with Crippen LogP contribution in [0.25, 0.3) is 0 Å². The highest BCUT2D eigenvalue weighted by molar-refractivity contribution is 7.14. The van der Waals surface area contributed by atoms with Crippen LogP contribution in [0.3, 0.4) is 0 Å². The van der Waals surface area contributed by atoms with Gasteiger partial charge in [0.05, 0.1) is 10.0 Å². The van der Waals surface area contributed by atoms with Crippen LogP contribution >= 0.6 is 22.9 Å². The number of rotatable bonds is 5. The average molecular weight is 310 g/mol. The molecule has 0 N–H and O–H groups in total. The number of carbonyl (C=O) groups is 1. The van der Waals surface area contributed by atoms with Crippen LogP contribution in [0.4, 0.5) is 5.00 Å². The third-order valence-electron chi connectivity index (χ3n) is 2.99. The Morgan fingerprint density at radius 3 is 2.70 bits per heavy atom. The van der Waals surface area contributed by atoms with Gasteiger partial charge < -0.3 is 9.64 Å². The molecule has 0 fully saturated rings. The lowest BCUT2D eigenvalue weighted by atomic mass is 10.3. The Balaban J connectivity index is 2.10. The molecule has 1 atom stereocenters. The first kappa shape index (κ1) is 14.9. The lowest BCUT2D eigenvalue weighted by molar-refractivity contribution is -0.135. The van der Waals surface area contributed by atoms with Crippen molar-refractivity contribution < 1.29 is 9.53 Å². The van der Waals surface area contributed by atoms with Crippen molar-refractivity contribution in [2.75, 3.05) is 11.4 Å². The second-order valence-electron chi connectivity index (χ2n) is 4.26. The Labute approximate surface area is 127 Å². The highest BCUT2D eigenvalue weighted by atomic mass is 35.5. The van der Waals surface area contributed by atoms with E-state index in [1.165, 1.54) is 0 Å². The van der Waals surface area contributed by atoms with Gasteiger partial charge in [-0.05, 0) is 43.5 Å². The molecule has 0 aliphatic carbocycles. The van der Waals surface area contributed by atoms with E-state index in [1.807, 2.05) is 36.3 Å². The number of ether oxygens (including phenoxy) is 1. The maximum atomic E-state index is 12.2. The molecule has 0 radical (unpaired) electrons. The quantitative estimate of drug-likeness (QED) is 0.611. The summed E-state index contributed by atoms with van der Waals surface area (Å²) in [6.45, 7) is 4.58. The fraction of sp³-hybridized carbons (Fsp3) is 0.267. The number of benzene rings is 1. The fourth-order valence-corrected chi connectivity index (χ4v) is 2.95. The van der Waals surface area contributed by atoms with Gasteiger partial charge in [0, 0.05) is 6.54 Å². The lowest BCUT2D eigenvalue weighted by Crippen LogP contribution is -2.41. The third kappa shape index (κ3) is 3.32. The van der Waals surface area contributed by atoms with Crippen molar-refractivity contribution in [3.05, 3.63) is 46.8 Å². The molecular weight excluding hydrogens is 294 g/mol. The summed E-state index contributed by atoms with van der Waals surface area (Å²) < 4.78 is 5.38. The number of esters is 1. The van der Waals surface area contributed by atoms with Crippen molar-refractivity contribution in [1.29, 1.82) is 0 Å². The summed E-state index contributed by atoms with van der Waals surface area (Å²) in [7, 11) is 0. The second-order valence-corrected chi connectivity index (χ2v) is 5.60. The standard InChI is InChI=1S/C15H16ClNO2S/c1-3-17(14-9-6-10-20-14)11(2)15(18)19-13-8-5-4-7-12(13)16/h4-11H,3H2,1-2H3/t11-/m0/s1. The number of nitrogens with zero attached hydrogens (tertiary/aromatic N) is 1. The second kappa shape index (κ2) is 6.77. The normalized spacial score (nSPS) is 11.9. The molecule has 5 heteroatoms. The molecule has 106 valence electrons. The van der Waals surface area contributed by atoms with E-state index in [0.29, 0.717) is 10.8 Å². The predicted octanol–water partition coefficient (Wildman–Crippen LogP) is 4.22. The van der Waals surface area contributed by atoms with Gasteiger partial charge in [-0.1, -0.05) is 23.7 Å². The molecule has 0 aliphatic rings. The number of anilines is 1. The lowest BCUT2D eigenvalue weighted by Gasteiger charge is -2.26. The van der Waals surface area contributed by atoms with Gasteiger partial charge in [-0.3, -0.25) is 0 Å². The van der Waals surface area contributed by atoms with Gasteiger partial charge in [0.25, 0.3) is 0 Å². The Morgan fingerprint density at radius 1 is 1.35 bits per heavy atom. The van der Waals surface area contributed by atoms with Crippen LogP contribution in [-0.2, 0) is 4.79 Å². The molecule has 0 spiro atoms. The van der Waals surface area contributed by atoms with E-state index in [-0.39, 0.29) is 12.0 Å². The molecular formula is C15H16ClNO2S. The summed E-state index contributed by atoms with van der Waals surface area (Å²) >= 11 is 7.60. The Bertz CT molecular complexity index is 571. The van der Waals surface area contributed by atoms with Gasteiger partial charge in [-0.15, -0.1) is 11.3 Å². The van der Waals surface area contributed by atoms with Crippen LogP contribution in [0.15, 0.2) is 41.8 Å². The van der Waals surface area contributed by atoms with Gasteiger partial charge in [-0.2, -0.15) is 0 Å². The summed E-state index contributed by atoms with van der Waals surface area (Å²) in [5.74, 6) is 0.0848. The SMILES string of the molecule is CCN(c1cccs1)[C@@H](C)C(=O)Oc1ccccc1Cl. The van der Waals surface area contributed by atoms with Gasteiger partial charge >= 0.3 is 5.97 Å². The van der Waals surface area contributed by atoms with Gasteiger partial charge in [0.15, 0.2) is 0 Å². The fourth-order valence-electron chi connectivity index (χ4n) is 1.90. The number of para-hydroxylation sites is 1. The molecule has 2 rings (SSSR count). The summed E-state index contributed by atoms with van der Waals surface area (Å²) in [6, 6.07) is 10.6. The molecule has 1 aromatic heterocycles. The van der Waals surface area contributed by atoms with Crippen LogP contribution in [0.1, 0.15) is 13.8 Å². The van der Waals surface area contributed by atoms with Crippen molar-refractivity contribution in [3.8, 4) is 5.75 Å². The maximum absolute atomic E-state index is 12.2. The van der Waals surface area contributed by atoms with E-state index < -0.39 is 0 Å². The minimum atomic E-state index is -0.366. The first-order valence-corrected chi connectivity index (χ1v) is 7.65. The van der Waals surface area contributed by atoms with Crippen LogP contribution in [0, 0.1) is 0 Å². The summed E-state index contributed by atoms with van der Waals surface area (Å²) in [4.78, 5) is 14.2. The van der Waals surface area contributed by atoms with Crippen molar-refractivity contribution in [3.63, 3.8) is 0 Å². The highest BCUT2D eigenvalue weighted by Crippen LogP contribution is 2.26. The minimum Gasteiger partial charge on any atom is -0.423 e. The van der Waals surface area contributed by atoms with Gasteiger partial charge in [-0.25, -0.2) is 4.79 Å². The van der Waals surface area contributed by atoms with E-state index in [2.05, 4.69) is 0 Å². The van der Waals surface area contributed by atoms with Gasteiger partial charge in [0.2, 0.25) is 0 Å². The minimum absolute atomic E-state index is 0.312.